The van der Waals surface area contributed by atoms with Crippen LogP contribution in [0, 0.1) is 13.8 Å². The molecule has 2 heterocycles. The number of halogens is 4. The summed E-state index contributed by atoms with van der Waals surface area (Å²) in [5.74, 6) is -1.47. The van der Waals surface area contributed by atoms with E-state index in [1.165, 1.54) is 38.3 Å². The molecule has 1 amide bonds. The van der Waals surface area contributed by atoms with Crippen LogP contribution in [0.1, 0.15) is 52.6 Å². The smallest absolute Gasteiger partial charge is 0.344 e. The number of carbonyl (C=O) groups is 6. The van der Waals surface area contributed by atoms with Crippen molar-refractivity contribution in [2.24, 2.45) is 5.73 Å². The van der Waals surface area contributed by atoms with Crippen LogP contribution in [0.5, 0.6) is 34.1 Å². The summed E-state index contributed by atoms with van der Waals surface area (Å²) >= 11 is 24.5. The van der Waals surface area contributed by atoms with Gasteiger partial charge in [-0.05, 0) is 149 Å². The van der Waals surface area contributed by atoms with Crippen molar-refractivity contribution in [2.75, 3.05) is 18.6 Å². The number of benzene rings is 7. The first kappa shape index (κ1) is 66.8. The number of aliphatic carboxylic acids is 3. The minimum Gasteiger partial charge on any atom is -0.479 e. The molecule has 24 heteroatoms. The van der Waals surface area contributed by atoms with Crippen molar-refractivity contribution in [3.05, 3.63) is 212 Å². The van der Waals surface area contributed by atoms with Crippen molar-refractivity contribution in [1.82, 2.24) is 15.0 Å². The molecule has 450 valence electrons. The second-order valence-corrected chi connectivity index (χ2v) is 21.2. The van der Waals surface area contributed by atoms with Gasteiger partial charge in [0.2, 0.25) is 17.4 Å². The van der Waals surface area contributed by atoms with E-state index in [4.69, 9.17) is 91.1 Å². The van der Waals surface area contributed by atoms with Gasteiger partial charge in [-0.25, -0.2) is 29.3 Å². The summed E-state index contributed by atoms with van der Waals surface area (Å²) in [5.41, 5.74) is 10.6. The zero-order chi connectivity index (χ0) is 63.5. The minimum atomic E-state index is -1.03. The second kappa shape index (κ2) is 31.7. The molecule has 0 saturated heterocycles. The maximum Gasteiger partial charge on any atom is 0.344 e. The number of carboxylic acid groups (broad SMARTS) is 3. The maximum atomic E-state index is 12.1. The van der Waals surface area contributed by atoms with Crippen LogP contribution < -0.4 is 34.3 Å². The Labute approximate surface area is 523 Å². The average Bonchev–Trinajstić information content (AvgIpc) is 2.33. The lowest BCUT2D eigenvalue weighted by molar-refractivity contribution is -0.145. The molecule has 10 rings (SSSR count). The molecule has 2 unspecified atom stereocenters. The molecule has 1 aliphatic rings. The van der Waals surface area contributed by atoms with Crippen LogP contribution in [-0.2, 0) is 19.2 Å². The number of nitrogens with zero attached hydrogens (tertiary/aromatic N) is 4. The van der Waals surface area contributed by atoms with Crippen LogP contribution in [0.15, 0.2) is 175 Å². The van der Waals surface area contributed by atoms with Gasteiger partial charge < -0.3 is 49.6 Å². The quantitative estimate of drug-likeness (QED) is 0.0742. The third-order valence-corrected chi connectivity index (χ3v) is 14.0. The molecule has 0 radical (unpaired) electrons. The van der Waals surface area contributed by atoms with Crippen LogP contribution in [0.2, 0.25) is 15.1 Å². The highest BCUT2D eigenvalue weighted by Crippen LogP contribution is 2.30. The fourth-order valence-electron chi connectivity index (χ4n) is 7.24. The van der Waals surface area contributed by atoms with Gasteiger partial charge in [-0.3, -0.25) is 14.4 Å². The minimum absolute atomic E-state index is 0.0226. The number of fused-ring (bicyclic) bond motifs is 3. The predicted octanol–water partition coefficient (Wildman–Crippen LogP) is 13.7. The largest absolute Gasteiger partial charge is 0.479 e. The van der Waals surface area contributed by atoms with Crippen molar-refractivity contribution in [2.45, 2.75) is 52.9 Å². The highest BCUT2D eigenvalue weighted by molar-refractivity contribution is 7.20. The third kappa shape index (κ3) is 19.6. The van der Waals surface area contributed by atoms with Gasteiger partial charge >= 0.3 is 17.9 Å². The predicted molar refractivity (Wildman–Crippen MR) is 334 cm³/mol. The normalized spacial score (nSPS) is 12.3. The Bertz CT molecular complexity index is 3820. The number of carbonyl (C=O) groups excluding carboxylic acids is 3. The fourth-order valence-corrected chi connectivity index (χ4v) is 8.86. The number of likely N-dealkylation sites (N-methyl/N-ethyl adjacent to an activating group) is 1. The molecule has 2 aromatic heterocycles. The number of anilines is 1. The number of aryl methyl sites for hydroxylation is 2. The van der Waals surface area contributed by atoms with Crippen molar-refractivity contribution in [3.63, 3.8) is 0 Å². The Kier molecular flexibility index (Phi) is 24.4. The maximum absolute atomic E-state index is 12.1. The van der Waals surface area contributed by atoms with Gasteiger partial charge in [0, 0.05) is 38.9 Å². The summed E-state index contributed by atoms with van der Waals surface area (Å²) in [4.78, 5) is 81.6. The summed E-state index contributed by atoms with van der Waals surface area (Å²) in [6, 6.07) is 45.7. The van der Waals surface area contributed by atoms with E-state index in [1.807, 2.05) is 68.4 Å². The first-order chi connectivity index (χ1) is 41.4. The molecule has 9 aromatic rings. The number of hydrogen-bond donors (Lipinski definition) is 4. The van der Waals surface area contributed by atoms with Gasteiger partial charge in [-0.15, -0.1) is 0 Å². The Balaban J connectivity index is 0.000000177. The first-order valence-corrected chi connectivity index (χ1v) is 28.3. The average molecular weight is 1280 g/mol. The van der Waals surface area contributed by atoms with E-state index in [-0.39, 0.29) is 34.8 Å². The summed E-state index contributed by atoms with van der Waals surface area (Å²) < 4.78 is 27.9. The molecule has 0 aliphatic heterocycles. The molecule has 87 heavy (non-hydrogen) atoms. The van der Waals surface area contributed by atoms with Gasteiger partial charge in [-0.2, -0.15) is 0 Å². The Morgan fingerprint density at radius 2 is 1.07 bits per heavy atom. The van der Waals surface area contributed by atoms with Gasteiger partial charge in [-0.1, -0.05) is 112 Å². The van der Waals surface area contributed by atoms with Crippen LogP contribution in [-0.4, -0.2) is 97.6 Å². The van der Waals surface area contributed by atoms with E-state index in [2.05, 4.69) is 15.0 Å². The lowest BCUT2D eigenvalue weighted by atomic mass is 9.93. The first-order valence-electron chi connectivity index (χ1n) is 25.9. The molecule has 7 aromatic carbocycles. The van der Waals surface area contributed by atoms with E-state index >= 15 is 0 Å². The van der Waals surface area contributed by atoms with Crippen LogP contribution in [0.25, 0.3) is 21.3 Å². The monoisotopic (exact) mass is 1280 g/mol. The molecular weight excluding hydrogens is 1220 g/mol. The topological polar surface area (TPSA) is 277 Å². The van der Waals surface area contributed by atoms with Crippen LogP contribution >= 0.6 is 57.7 Å². The molecule has 5 N–H and O–H groups in total. The number of para-hydroxylation sites is 2. The molecular formula is C63H55Cl4N5O14S. The van der Waals surface area contributed by atoms with Crippen LogP contribution in [0.3, 0.4) is 0 Å². The number of thiazole rings is 1. The van der Waals surface area contributed by atoms with Gasteiger partial charge in [0.05, 0.1) is 27.4 Å². The number of amides is 1. The molecule has 19 nitrogen and oxygen atoms in total. The lowest BCUT2D eigenvalue weighted by Crippen LogP contribution is -2.31. The number of allylic oxidation sites excluding steroid dienone is 2. The van der Waals surface area contributed by atoms with E-state index in [0.29, 0.717) is 71.3 Å². The molecule has 0 spiro atoms. The van der Waals surface area contributed by atoms with Crippen molar-refractivity contribution < 1.29 is 67.8 Å². The van der Waals surface area contributed by atoms with E-state index in [0.717, 1.165) is 27.0 Å². The highest BCUT2D eigenvalue weighted by atomic mass is 35.5. The van der Waals surface area contributed by atoms with Crippen molar-refractivity contribution >= 4 is 120 Å². The summed E-state index contributed by atoms with van der Waals surface area (Å²) in [5, 5.41) is 28.2. The number of rotatable bonds is 15. The summed E-state index contributed by atoms with van der Waals surface area (Å²) in [6.45, 7) is 8.03. The zero-order valence-electron chi connectivity index (χ0n) is 47.1. The van der Waals surface area contributed by atoms with Crippen molar-refractivity contribution in [3.8, 4) is 34.1 Å². The number of ketones is 2. The number of Topliss-reactive ketones (excluding diaryl/α,β-unsaturated/α-hetero) is 2. The van der Waals surface area contributed by atoms with Gasteiger partial charge in [0.15, 0.2) is 24.9 Å². The second-order valence-electron chi connectivity index (χ2n) is 18.5. The Morgan fingerprint density at radius 1 is 0.575 bits per heavy atom. The molecule has 0 fully saturated rings. The zero-order valence-corrected chi connectivity index (χ0v) is 51.0. The third-order valence-electron chi connectivity index (χ3n) is 12.0. The Hall–Kier alpha value is -9.31. The molecule has 1 aliphatic carbocycles. The van der Waals surface area contributed by atoms with Crippen LogP contribution in [0.4, 0.5) is 5.69 Å². The number of carboxylic acids is 3. The highest BCUT2D eigenvalue weighted by Gasteiger charge is 2.29. The van der Waals surface area contributed by atoms with E-state index < -0.39 is 36.2 Å². The fraction of sp³-hybridized carbons (Fsp3) is 0.159. The Morgan fingerprint density at radius 3 is 1.62 bits per heavy atom. The van der Waals surface area contributed by atoms with Gasteiger partial charge in [0.25, 0.3) is 11.1 Å². The number of aromatic nitrogens is 3. The van der Waals surface area contributed by atoms with Gasteiger partial charge in [0.1, 0.15) is 33.7 Å². The van der Waals surface area contributed by atoms with E-state index in [1.54, 1.807) is 115 Å². The molecule has 0 bridgehead atoms. The summed E-state index contributed by atoms with van der Waals surface area (Å²) in [6.07, 6.45) is -1.12. The number of ether oxygens (including phenoxy) is 5. The lowest BCUT2D eigenvalue weighted by Gasteiger charge is -2.16. The number of nitrogens with two attached hydrogens (primary N) is 1. The van der Waals surface area contributed by atoms with Crippen molar-refractivity contribution in [1.29, 1.82) is 0 Å². The van der Waals surface area contributed by atoms with E-state index in [9.17, 15) is 28.8 Å². The standard InChI is InChI=1S/C17H13ClN2O4.C16H14N2O2S.C10H6ClNO2.2C10H11ClO3/c1-10(17(21)22)23-12-3-5-13(6-4-12)24-16-9-19-15-8-11(18)2-7-14(15)20-16;1-18(12-7-3-2-4-8-12)15(19)11-20-16-17-13-9-5-6-10-14(13)21-16;11-7-8(12)10(14)6-4-2-1-3-5(6)9(7)13;2*1-6-5-8(11)3-4-9(6)14-7(2)10(12)13/h2-10H,1H3,(H,21,22);2-10H,11H2,1H3;1-4H,12H2;2*3-5,7H,1-2H3,(H,12,13)/t;;;7-;/m...1./s1. The SMILES string of the molecule is CC(Oc1ccc(Oc2cnc3cc(Cl)ccc3n2)cc1)C(=O)O.CN(C(=O)COc1nc2ccccc2s1)c1ccccc1.Cc1cc(Cl)ccc1OC(C)C(=O)O.Cc1cc(Cl)ccc1O[C@H](C)C(=O)O.NC1=C(Cl)C(=O)c2ccccc2C1=O. The molecule has 3 atom stereocenters. The number of hydrogen-bond acceptors (Lipinski definition) is 16. The summed E-state index contributed by atoms with van der Waals surface area (Å²) in [7, 11) is 1.74. The molecule has 0 saturated carbocycles.